The highest BCUT2D eigenvalue weighted by atomic mass is 16.3. The summed E-state index contributed by atoms with van der Waals surface area (Å²) in [5.74, 6) is 0. The van der Waals surface area contributed by atoms with Crippen molar-refractivity contribution in [2.24, 2.45) is 0 Å². The summed E-state index contributed by atoms with van der Waals surface area (Å²) in [6.45, 7) is 16.4. The Balaban J connectivity index is 0.831. The van der Waals surface area contributed by atoms with E-state index in [0.29, 0.717) is 0 Å². The first-order valence-electron chi connectivity index (χ1n) is 34.6. The fourth-order valence-electron chi connectivity index (χ4n) is 19.1. The molecule has 0 bridgehead atoms. The number of anilines is 3. The van der Waals surface area contributed by atoms with E-state index in [1.54, 1.807) is 0 Å². The van der Waals surface area contributed by atoms with Crippen LogP contribution in [0.15, 0.2) is 300 Å². The SMILES string of the molecule is Cc1cc(C)c(N(c2ccc3c(c2)C(C)(C)c2cc(-c4ccc5c(c4)C(C)(C)c4ccccc4-5)c4oc5ccccc5c4c2-3)c2ccc3c(c2)C(c2ccccc2)(c2ccccc2)c2cc4c(cc2-3)C(c2ccccc2)(c2ccccc2)c2ccc3oc5ccccc5c3c2-4)c(C)c1. The quantitative estimate of drug-likeness (QED) is 0.152. The van der Waals surface area contributed by atoms with Crippen molar-refractivity contribution in [2.75, 3.05) is 4.90 Å². The maximum Gasteiger partial charge on any atom is 0.143 e. The van der Waals surface area contributed by atoms with Crippen LogP contribution in [0, 0.1) is 20.8 Å². The van der Waals surface area contributed by atoms with Crippen molar-refractivity contribution in [1.29, 1.82) is 0 Å². The van der Waals surface area contributed by atoms with Gasteiger partial charge >= 0.3 is 0 Å². The summed E-state index contributed by atoms with van der Waals surface area (Å²) in [5, 5.41) is 4.58. The minimum Gasteiger partial charge on any atom is -0.456 e. The Morgan fingerprint density at radius 2 is 0.735 bits per heavy atom. The molecule has 3 heteroatoms. The van der Waals surface area contributed by atoms with E-state index in [0.717, 1.165) is 55.4 Å². The van der Waals surface area contributed by atoms with Gasteiger partial charge in [-0.3, -0.25) is 0 Å². The lowest BCUT2D eigenvalue weighted by Crippen LogP contribution is -2.30. The van der Waals surface area contributed by atoms with Crippen LogP contribution in [-0.4, -0.2) is 0 Å². The summed E-state index contributed by atoms with van der Waals surface area (Å²) >= 11 is 0. The van der Waals surface area contributed by atoms with Gasteiger partial charge in [0.25, 0.3) is 0 Å². The number of aryl methyl sites for hydroxylation is 3. The van der Waals surface area contributed by atoms with Gasteiger partial charge in [0.2, 0.25) is 0 Å². The van der Waals surface area contributed by atoms with Gasteiger partial charge in [-0.1, -0.05) is 258 Å². The Morgan fingerprint density at radius 3 is 1.38 bits per heavy atom. The van der Waals surface area contributed by atoms with Gasteiger partial charge in [0.05, 0.1) is 16.5 Å². The first-order valence-corrected chi connectivity index (χ1v) is 34.6. The van der Waals surface area contributed by atoms with Crippen molar-refractivity contribution in [2.45, 2.75) is 70.1 Å². The molecule has 0 fully saturated rings. The van der Waals surface area contributed by atoms with Crippen LogP contribution in [0.3, 0.4) is 0 Å². The standard InChI is InChI=1S/C95H69NO2/c1-56-48-57(2)90(58(3)49-56)96(64-42-45-69-78(51-64)93(6,7)82-53-72(91-89(86(69)82)71-36-22-25-39-84(71)98-91)59-40-43-67-66-34-20-23-37-75(66)92(4,5)77(67)50-59)65-41-44-68-73-54-81-74(55-80(73)95(79(68)52-65,62-30-16-10-17-31-62)63-32-18-11-19-33-63)87-76(46-47-85-88(87)70-35-21-24-38-83(70)97-85)94(81,60-26-12-8-13-27-60)61-28-14-9-15-29-61/h8-55H,1-7H3. The summed E-state index contributed by atoms with van der Waals surface area (Å²) in [7, 11) is 0. The summed E-state index contributed by atoms with van der Waals surface area (Å²) < 4.78 is 14.0. The molecule has 0 atom stereocenters. The second-order valence-corrected chi connectivity index (χ2v) is 29.1. The van der Waals surface area contributed by atoms with Gasteiger partial charge in [-0.25, -0.2) is 0 Å². The first kappa shape index (κ1) is 56.8. The normalized spacial score (nSPS) is 15.0. The molecule has 466 valence electrons. The van der Waals surface area contributed by atoms with Crippen molar-refractivity contribution in [3.63, 3.8) is 0 Å². The number of fused-ring (bicyclic) bond motifs is 20. The second kappa shape index (κ2) is 20.3. The number of benzene rings is 14. The number of para-hydroxylation sites is 2. The molecule has 4 aliphatic carbocycles. The molecule has 0 saturated carbocycles. The second-order valence-electron chi connectivity index (χ2n) is 29.1. The zero-order valence-corrected chi connectivity index (χ0v) is 56.0. The fourth-order valence-corrected chi connectivity index (χ4v) is 19.1. The van der Waals surface area contributed by atoms with Gasteiger partial charge < -0.3 is 13.7 Å². The Morgan fingerprint density at radius 1 is 0.286 bits per heavy atom. The highest BCUT2D eigenvalue weighted by Gasteiger charge is 2.53. The molecule has 2 aromatic heterocycles. The molecule has 0 unspecified atom stereocenters. The molecule has 4 aliphatic rings. The average Bonchev–Trinajstić information content (AvgIpc) is 1.50. The molecule has 0 radical (unpaired) electrons. The molecular formula is C95H69NO2. The van der Waals surface area contributed by atoms with E-state index in [1.807, 2.05) is 0 Å². The van der Waals surface area contributed by atoms with Gasteiger partial charge in [-0.15, -0.1) is 0 Å². The zero-order chi connectivity index (χ0) is 65.7. The summed E-state index contributed by atoms with van der Waals surface area (Å²) in [6.07, 6.45) is 0. The van der Waals surface area contributed by atoms with Gasteiger partial charge in [-0.05, 0) is 215 Å². The molecular weight excluding hydrogens is 1190 g/mol. The number of hydrogen-bond donors (Lipinski definition) is 0. The van der Waals surface area contributed by atoms with E-state index >= 15 is 0 Å². The predicted octanol–water partition coefficient (Wildman–Crippen LogP) is 24.9. The molecule has 98 heavy (non-hydrogen) atoms. The monoisotopic (exact) mass is 1260 g/mol. The van der Waals surface area contributed by atoms with Crippen LogP contribution < -0.4 is 4.90 Å². The summed E-state index contributed by atoms with van der Waals surface area (Å²) in [5.41, 5.74) is 36.2. The zero-order valence-electron chi connectivity index (χ0n) is 56.0. The molecule has 0 saturated heterocycles. The number of hydrogen-bond acceptors (Lipinski definition) is 3. The molecule has 0 aliphatic heterocycles. The smallest absolute Gasteiger partial charge is 0.143 e. The molecule has 3 nitrogen and oxygen atoms in total. The van der Waals surface area contributed by atoms with Crippen LogP contribution in [0.25, 0.3) is 99.5 Å². The molecule has 20 rings (SSSR count). The summed E-state index contributed by atoms with van der Waals surface area (Å²) in [6, 6.07) is 110. The first-order chi connectivity index (χ1) is 47.8. The van der Waals surface area contributed by atoms with Gasteiger partial charge in [-0.2, -0.15) is 0 Å². The maximum atomic E-state index is 7.14. The van der Waals surface area contributed by atoms with Crippen molar-refractivity contribution in [3.8, 4) is 55.6 Å². The van der Waals surface area contributed by atoms with Gasteiger partial charge in [0.15, 0.2) is 0 Å². The van der Waals surface area contributed by atoms with Crippen LogP contribution >= 0.6 is 0 Å². The number of furan rings is 2. The van der Waals surface area contributed by atoms with Crippen molar-refractivity contribution < 1.29 is 8.83 Å². The Bertz CT molecular complexity index is 5980. The van der Waals surface area contributed by atoms with Gasteiger partial charge in [0.1, 0.15) is 22.3 Å². The van der Waals surface area contributed by atoms with Crippen LogP contribution in [0.2, 0.25) is 0 Å². The van der Waals surface area contributed by atoms with E-state index in [2.05, 4.69) is 345 Å². The van der Waals surface area contributed by atoms with E-state index in [9.17, 15) is 0 Å². The third-order valence-electron chi connectivity index (χ3n) is 23.2. The van der Waals surface area contributed by atoms with E-state index in [-0.39, 0.29) is 5.41 Å². The lowest BCUT2D eigenvalue weighted by molar-refractivity contribution is 0.656. The van der Waals surface area contributed by atoms with Crippen LogP contribution in [-0.2, 0) is 21.7 Å². The van der Waals surface area contributed by atoms with Gasteiger partial charge in [0, 0.05) is 49.3 Å². The van der Waals surface area contributed by atoms with Crippen molar-refractivity contribution >= 4 is 60.9 Å². The molecule has 0 amide bonds. The Labute approximate surface area is 571 Å². The van der Waals surface area contributed by atoms with Crippen molar-refractivity contribution in [3.05, 3.63) is 375 Å². The third kappa shape index (κ3) is 7.43. The predicted molar refractivity (Wildman–Crippen MR) is 405 cm³/mol. The molecule has 16 aromatic rings. The van der Waals surface area contributed by atoms with Crippen molar-refractivity contribution in [1.82, 2.24) is 0 Å². The third-order valence-corrected chi connectivity index (χ3v) is 23.2. The van der Waals surface area contributed by atoms with Crippen LogP contribution in [0.1, 0.15) is 111 Å². The number of nitrogens with zero attached hydrogens (tertiary/aromatic N) is 1. The molecule has 14 aromatic carbocycles. The van der Waals surface area contributed by atoms with E-state index < -0.39 is 16.2 Å². The molecule has 0 spiro atoms. The van der Waals surface area contributed by atoms with E-state index in [4.69, 9.17) is 8.83 Å². The van der Waals surface area contributed by atoms with Crippen LogP contribution in [0.5, 0.6) is 0 Å². The average molecular weight is 1260 g/mol. The minimum atomic E-state index is -0.769. The summed E-state index contributed by atoms with van der Waals surface area (Å²) in [4.78, 5) is 2.58. The maximum absolute atomic E-state index is 7.14. The lowest BCUT2D eigenvalue weighted by Gasteiger charge is -2.36. The Hall–Kier alpha value is -11.5. The number of rotatable bonds is 8. The largest absolute Gasteiger partial charge is 0.456 e. The highest BCUT2D eigenvalue weighted by Crippen LogP contribution is 2.66. The highest BCUT2D eigenvalue weighted by molar-refractivity contribution is 6.20. The van der Waals surface area contributed by atoms with Crippen LogP contribution in [0.4, 0.5) is 17.1 Å². The lowest BCUT2D eigenvalue weighted by atomic mass is 9.66. The molecule has 2 heterocycles. The molecule has 0 N–H and O–H groups in total. The topological polar surface area (TPSA) is 29.5 Å². The van der Waals surface area contributed by atoms with E-state index in [1.165, 1.54) is 145 Å². The fraction of sp³-hybridized carbons (Fsp3) is 0.116. The minimum absolute atomic E-state index is 0.152. The Kier molecular flexibility index (Phi) is 11.7.